The van der Waals surface area contributed by atoms with Crippen LogP contribution in [0.15, 0.2) is 18.3 Å². The molecule has 19 heavy (non-hydrogen) atoms. The van der Waals surface area contributed by atoms with Crippen LogP contribution in [0, 0.1) is 0 Å². The average Bonchev–Trinajstić information content (AvgIpc) is 2.92. The number of hydrogen-bond donors (Lipinski definition) is 1. The maximum atomic E-state index is 10.8. The highest BCUT2D eigenvalue weighted by Crippen LogP contribution is 2.11. The number of hydrogen-bond acceptors (Lipinski definition) is 3. The zero-order chi connectivity index (χ0) is 13.5. The first-order valence-electron chi connectivity index (χ1n) is 7.16. The van der Waals surface area contributed by atoms with E-state index in [1.165, 1.54) is 45.3 Å². The Morgan fingerprint density at radius 3 is 2.79 bits per heavy atom. The van der Waals surface area contributed by atoms with Crippen LogP contribution in [0.1, 0.15) is 48.2 Å². The minimum Gasteiger partial charge on any atom is -0.478 e. The van der Waals surface area contributed by atoms with E-state index in [1.54, 1.807) is 18.3 Å². The van der Waals surface area contributed by atoms with Gasteiger partial charge < -0.3 is 10.0 Å². The van der Waals surface area contributed by atoms with Gasteiger partial charge in [0.15, 0.2) is 0 Å². The van der Waals surface area contributed by atoms with Crippen LogP contribution in [-0.2, 0) is 6.42 Å². The Kier molecular flexibility index (Phi) is 5.33. The van der Waals surface area contributed by atoms with Gasteiger partial charge in [-0.15, -0.1) is 0 Å². The van der Waals surface area contributed by atoms with Gasteiger partial charge in [0.25, 0.3) is 0 Å². The normalized spacial score (nSPS) is 15.8. The number of aromatic nitrogens is 1. The largest absolute Gasteiger partial charge is 0.478 e. The van der Waals surface area contributed by atoms with E-state index in [0.29, 0.717) is 5.56 Å². The first-order chi connectivity index (χ1) is 9.25. The molecule has 0 aliphatic carbocycles. The zero-order valence-corrected chi connectivity index (χ0v) is 11.3. The van der Waals surface area contributed by atoms with Gasteiger partial charge in [-0.1, -0.05) is 6.42 Å². The van der Waals surface area contributed by atoms with Gasteiger partial charge in [0.2, 0.25) is 0 Å². The molecular weight excluding hydrogens is 240 g/mol. The Labute approximate surface area is 114 Å². The molecule has 0 spiro atoms. The number of aromatic carboxylic acids is 1. The molecule has 1 aliphatic heterocycles. The number of aryl methyl sites for hydroxylation is 1. The first-order valence-corrected chi connectivity index (χ1v) is 7.16. The van der Waals surface area contributed by atoms with Crippen molar-refractivity contribution in [2.24, 2.45) is 0 Å². The van der Waals surface area contributed by atoms with Crippen molar-refractivity contribution < 1.29 is 9.90 Å². The van der Waals surface area contributed by atoms with Gasteiger partial charge >= 0.3 is 5.97 Å². The summed E-state index contributed by atoms with van der Waals surface area (Å²) in [7, 11) is 0. The molecule has 2 heterocycles. The number of pyridine rings is 1. The predicted molar refractivity (Wildman–Crippen MR) is 74.4 cm³/mol. The second kappa shape index (κ2) is 7.24. The fourth-order valence-electron chi connectivity index (χ4n) is 2.57. The number of carboxylic acid groups (broad SMARTS) is 1. The number of carbonyl (C=O) groups is 1. The van der Waals surface area contributed by atoms with E-state index in [2.05, 4.69) is 9.88 Å². The highest BCUT2D eigenvalue weighted by atomic mass is 16.4. The Hall–Kier alpha value is -1.42. The molecule has 4 nitrogen and oxygen atoms in total. The van der Waals surface area contributed by atoms with Crippen molar-refractivity contribution in [2.75, 3.05) is 19.6 Å². The summed E-state index contributed by atoms with van der Waals surface area (Å²) in [6, 6.07) is 3.22. The van der Waals surface area contributed by atoms with Crippen molar-refractivity contribution in [2.45, 2.75) is 38.5 Å². The van der Waals surface area contributed by atoms with Crippen LogP contribution in [0.3, 0.4) is 0 Å². The molecule has 0 aromatic carbocycles. The Balaban J connectivity index is 1.64. The lowest BCUT2D eigenvalue weighted by Gasteiger charge is -2.13. The molecule has 0 amide bonds. The van der Waals surface area contributed by atoms with Crippen LogP contribution in [0.4, 0.5) is 0 Å². The van der Waals surface area contributed by atoms with Crippen molar-refractivity contribution >= 4 is 5.97 Å². The molecular formula is C15H22N2O2. The van der Waals surface area contributed by atoms with Gasteiger partial charge in [-0.3, -0.25) is 4.98 Å². The van der Waals surface area contributed by atoms with Crippen molar-refractivity contribution in [3.8, 4) is 0 Å². The lowest BCUT2D eigenvalue weighted by Crippen LogP contribution is -2.20. The molecule has 1 fully saturated rings. The highest BCUT2D eigenvalue weighted by Gasteiger charge is 2.10. The molecule has 0 saturated carbocycles. The lowest BCUT2D eigenvalue weighted by molar-refractivity contribution is 0.0696. The van der Waals surface area contributed by atoms with E-state index in [1.807, 2.05) is 0 Å². The summed E-state index contributed by atoms with van der Waals surface area (Å²) in [5.74, 6) is -0.877. The summed E-state index contributed by atoms with van der Waals surface area (Å²) in [6.07, 6.45) is 8.68. The van der Waals surface area contributed by atoms with E-state index in [4.69, 9.17) is 5.11 Å². The van der Waals surface area contributed by atoms with Gasteiger partial charge in [0, 0.05) is 11.9 Å². The maximum absolute atomic E-state index is 10.8. The number of unbranched alkanes of at least 4 members (excludes halogenated alkanes) is 2. The van der Waals surface area contributed by atoms with Crippen molar-refractivity contribution in [3.63, 3.8) is 0 Å². The van der Waals surface area contributed by atoms with Crippen molar-refractivity contribution in [1.29, 1.82) is 0 Å². The summed E-state index contributed by atoms with van der Waals surface area (Å²) >= 11 is 0. The molecule has 1 N–H and O–H groups in total. The Morgan fingerprint density at radius 2 is 2.05 bits per heavy atom. The topological polar surface area (TPSA) is 53.4 Å². The molecule has 0 radical (unpaired) electrons. The SMILES string of the molecule is O=C(O)c1ccnc(CCCCCN2CCCC2)c1. The van der Waals surface area contributed by atoms with E-state index in [9.17, 15) is 4.79 Å². The van der Waals surface area contributed by atoms with Crippen LogP contribution in [0.2, 0.25) is 0 Å². The lowest BCUT2D eigenvalue weighted by atomic mass is 10.1. The molecule has 104 valence electrons. The van der Waals surface area contributed by atoms with Crippen LogP contribution in [0.25, 0.3) is 0 Å². The minimum atomic E-state index is -0.877. The molecule has 0 bridgehead atoms. The Morgan fingerprint density at radius 1 is 1.26 bits per heavy atom. The van der Waals surface area contributed by atoms with Crippen molar-refractivity contribution in [1.82, 2.24) is 9.88 Å². The maximum Gasteiger partial charge on any atom is 0.335 e. The van der Waals surface area contributed by atoms with Crippen LogP contribution < -0.4 is 0 Å². The number of nitrogens with zero attached hydrogens (tertiary/aromatic N) is 2. The molecule has 2 rings (SSSR count). The summed E-state index contributed by atoms with van der Waals surface area (Å²) in [5.41, 5.74) is 1.23. The van der Waals surface area contributed by atoms with E-state index in [-0.39, 0.29) is 0 Å². The molecule has 0 atom stereocenters. The third-order valence-corrected chi connectivity index (χ3v) is 3.67. The Bertz CT molecular complexity index is 414. The monoisotopic (exact) mass is 262 g/mol. The minimum absolute atomic E-state index is 0.335. The smallest absolute Gasteiger partial charge is 0.335 e. The fraction of sp³-hybridized carbons (Fsp3) is 0.600. The second-order valence-corrected chi connectivity index (χ2v) is 5.20. The van der Waals surface area contributed by atoms with Gasteiger partial charge in [-0.2, -0.15) is 0 Å². The summed E-state index contributed by atoms with van der Waals surface area (Å²) in [5, 5.41) is 8.91. The number of carboxylic acids is 1. The fourth-order valence-corrected chi connectivity index (χ4v) is 2.57. The molecule has 1 aliphatic rings. The second-order valence-electron chi connectivity index (χ2n) is 5.20. The predicted octanol–water partition coefficient (Wildman–Crippen LogP) is 2.59. The van der Waals surface area contributed by atoms with Gasteiger partial charge in [0.1, 0.15) is 0 Å². The highest BCUT2D eigenvalue weighted by molar-refractivity contribution is 5.87. The molecule has 4 heteroatoms. The molecule has 0 unspecified atom stereocenters. The summed E-state index contributed by atoms with van der Waals surface area (Å²) in [6.45, 7) is 3.74. The summed E-state index contributed by atoms with van der Waals surface area (Å²) < 4.78 is 0. The zero-order valence-electron chi connectivity index (χ0n) is 11.3. The first kappa shape index (κ1) is 14.0. The van der Waals surface area contributed by atoms with Gasteiger partial charge in [-0.25, -0.2) is 4.79 Å². The molecule has 1 saturated heterocycles. The van der Waals surface area contributed by atoms with Gasteiger partial charge in [-0.05, 0) is 63.9 Å². The van der Waals surface area contributed by atoms with E-state index >= 15 is 0 Å². The number of rotatable bonds is 7. The van der Waals surface area contributed by atoms with Crippen LogP contribution >= 0.6 is 0 Å². The van der Waals surface area contributed by atoms with E-state index < -0.39 is 5.97 Å². The molecule has 1 aromatic heterocycles. The quantitative estimate of drug-likeness (QED) is 0.767. The van der Waals surface area contributed by atoms with Crippen LogP contribution in [0.5, 0.6) is 0 Å². The van der Waals surface area contributed by atoms with Gasteiger partial charge in [0.05, 0.1) is 5.56 Å². The number of likely N-dealkylation sites (tertiary alicyclic amines) is 1. The average molecular weight is 262 g/mol. The third kappa shape index (κ3) is 4.63. The van der Waals surface area contributed by atoms with Crippen molar-refractivity contribution in [3.05, 3.63) is 29.6 Å². The van der Waals surface area contributed by atoms with E-state index in [0.717, 1.165) is 18.5 Å². The standard InChI is InChI=1S/C15H22N2O2/c18-15(19)13-7-8-16-14(12-13)6-2-1-3-9-17-10-4-5-11-17/h7-8,12H,1-6,9-11H2,(H,18,19). The summed E-state index contributed by atoms with van der Waals surface area (Å²) in [4.78, 5) is 17.6. The third-order valence-electron chi connectivity index (χ3n) is 3.67. The van der Waals surface area contributed by atoms with Crippen LogP contribution in [-0.4, -0.2) is 40.6 Å². The molecule has 1 aromatic rings.